The van der Waals surface area contributed by atoms with Crippen molar-refractivity contribution in [3.05, 3.63) is 0 Å². The Hall–Kier alpha value is -0.280. The first-order valence-corrected chi connectivity index (χ1v) is 12.6. The van der Waals surface area contributed by atoms with Gasteiger partial charge >= 0.3 is 0 Å². The quantitative estimate of drug-likeness (QED) is 0.627. The van der Waals surface area contributed by atoms with Crippen molar-refractivity contribution in [2.75, 3.05) is 48.1 Å². The summed E-state index contributed by atoms with van der Waals surface area (Å²) in [5.74, 6) is 0.310. The molecule has 0 aromatic rings. The molecule has 1 heterocycles. The fourth-order valence-corrected chi connectivity index (χ4v) is 11.0. The molecule has 1 saturated heterocycles. The minimum atomic E-state index is -0.999. The first-order chi connectivity index (χ1) is 15.4. The number of fused-ring (bicyclic) bond motifs is 2. The highest BCUT2D eigenvalue weighted by Crippen LogP contribution is 2.79. The summed E-state index contributed by atoms with van der Waals surface area (Å²) in [7, 11) is 7.23. The monoisotopic (exact) mass is 451 g/mol. The molecule has 5 saturated carbocycles. The molecular weight excluding hydrogens is 410 g/mol. The summed E-state index contributed by atoms with van der Waals surface area (Å²) in [6.45, 7) is 4.86. The van der Waals surface area contributed by atoms with Crippen molar-refractivity contribution in [3.63, 3.8) is 0 Å². The standard InChI is InChI=1S/C25H41NO6/c1-6-26-11-23(12-29-2)8-7-16(31-4)25-14-9-13-15(30-3)10-24(28,17(14)19(13)27)18(22(25)26)20(32-5)21(23)25/h13-22,27-28H,6-12H2,1-5H3/t13-,14-,15+,16+,17?,18?,19-,20+,21-,22?,23+,24-,25?/m1/s1. The molecular formula is C25H41NO6. The molecule has 13 atom stereocenters. The van der Waals surface area contributed by atoms with Crippen molar-refractivity contribution in [2.45, 2.75) is 68.7 Å². The van der Waals surface area contributed by atoms with E-state index in [9.17, 15) is 10.2 Å². The lowest BCUT2D eigenvalue weighted by Gasteiger charge is -2.69. The van der Waals surface area contributed by atoms with Crippen LogP contribution in [0.25, 0.3) is 0 Å². The number of likely N-dealkylation sites (tertiary alicyclic amines) is 1. The van der Waals surface area contributed by atoms with Crippen molar-refractivity contribution < 1.29 is 29.2 Å². The Balaban J connectivity index is 1.63. The van der Waals surface area contributed by atoms with Gasteiger partial charge in [0.1, 0.15) is 0 Å². The Morgan fingerprint density at radius 3 is 2.47 bits per heavy atom. The van der Waals surface area contributed by atoms with Gasteiger partial charge in [-0.3, -0.25) is 4.90 Å². The molecule has 0 aromatic heterocycles. The number of piperidine rings is 1. The van der Waals surface area contributed by atoms with E-state index >= 15 is 0 Å². The van der Waals surface area contributed by atoms with E-state index in [4.69, 9.17) is 18.9 Å². The van der Waals surface area contributed by atoms with Crippen molar-refractivity contribution in [1.29, 1.82) is 0 Å². The minimum Gasteiger partial charge on any atom is -0.392 e. The summed E-state index contributed by atoms with van der Waals surface area (Å²) >= 11 is 0. The Bertz CT molecular complexity index is 767. The van der Waals surface area contributed by atoms with Gasteiger partial charge < -0.3 is 29.2 Å². The third-order valence-corrected chi connectivity index (χ3v) is 11.4. The van der Waals surface area contributed by atoms with Crippen LogP contribution in [0, 0.1) is 40.4 Å². The lowest BCUT2D eigenvalue weighted by molar-refractivity contribution is -0.276. The van der Waals surface area contributed by atoms with E-state index in [1.54, 1.807) is 7.11 Å². The van der Waals surface area contributed by atoms with Crippen molar-refractivity contribution in [3.8, 4) is 0 Å². The number of methoxy groups -OCH3 is 4. The highest BCUT2D eigenvalue weighted by molar-refractivity contribution is 5.35. The van der Waals surface area contributed by atoms with Crippen LogP contribution in [0.3, 0.4) is 0 Å². The SMILES string of the molecule is CCN1C[C@]2(COC)CC[C@H](OC)C34C1C([C@H](OC)[C@@H]32)[C@@]1(O)C[C@H](OC)[C@H]2C[C@@H]4C1[C@@H]2O. The van der Waals surface area contributed by atoms with Gasteiger partial charge in [0.2, 0.25) is 0 Å². The number of aliphatic hydroxyl groups excluding tert-OH is 1. The van der Waals surface area contributed by atoms with Crippen LogP contribution in [-0.4, -0.2) is 99.3 Å². The van der Waals surface area contributed by atoms with Crippen molar-refractivity contribution >= 4 is 0 Å². The van der Waals surface area contributed by atoms with Gasteiger partial charge in [-0.2, -0.15) is 0 Å². The molecule has 0 radical (unpaired) electrons. The smallest absolute Gasteiger partial charge is 0.0796 e. The molecule has 1 spiro atoms. The van der Waals surface area contributed by atoms with Gasteiger partial charge in [-0.15, -0.1) is 0 Å². The Morgan fingerprint density at radius 2 is 1.84 bits per heavy atom. The van der Waals surface area contributed by atoms with Gasteiger partial charge in [0.25, 0.3) is 0 Å². The first-order valence-electron chi connectivity index (χ1n) is 12.6. The van der Waals surface area contributed by atoms with E-state index in [0.29, 0.717) is 13.0 Å². The summed E-state index contributed by atoms with van der Waals surface area (Å²) in [6, 6.07) is 0.186. The molecule has 6 fully saturated rings. The van der Waals surface area contributed by atoms with Crippen LogP contribution in [0.1, 0.15) is 32.6 Å². The fraction of sp³-hybridized carbons (Fsp3) is 1.00. The van der Waals surface area contributed by atoms with Crippen LogP contribution in [0.2, 0.25) is 0 Å². The van der Waals surface area contributed by atoms with Crippen LogP contribution in [0.4, 0.5) is 0 Å². The van der Waals surface area contributed by atoms with Crippen molar-refractivity contribution in [2.24, 2.45) is 40.4 Å². The molecule has 7 nitrogen and oxygen atoms in total. The zero-order valence-corrected chi connectivity index (χ0v) is 20.2. The number of hydrogen-bond donors (Lipinski definition) is 2. The van der Waals surface area contributed by atoms with E-state index in [2.05, 4.69) is 11.8 Å². The average Bonchev–Trinajstić information content (AvgIpc) is 3.19. The van der Waals surface area contributed by atoms with E-state index in [0.717, 1.165) is 32.4 Å². The van der Waals surface area contributed by atoms with Crippen LogP contribution in [0.15, 0.2) is 0 Å². The van der Waals surface area contributed by atoms with Crippen LogP contribution >= 0.6 is 0 Å². The van der Waals surface area contributed by atoms with E-state index in [1.807, 2.05) is 21.3 Å². The molecule has 182 valence electrons. The highest BCUT2D eigenvalue weighted by atomic mass is 16.5. The lowest BCUT2D eigenvalue weighted by Crippen LogP contribution is -2.76. The molecule has 0 amide bonds. The number of aliphatic hydroxyl groups is 2. The van der Waals surface area contributed by atoms with Gasteiger partial charge in [0, 0.05) is 81.9 Å². The maximum absolute atomic E-state index is 12.6. The highest BCUT2D eigenvalue weighted by Gasteiger charge is 2.86. The van der Waals surface area contributed by atoms with Gasteiger partial charge in [-0.1, -0.05) is 6.92 Å². The first kappa shape index (κ1) is 22.2. The summed E-state index contributed by atoms with van der Waals surface area (Å²) in [5.41, 5.74) is -1.18. The molecule has 5 aliphatic carbocycles. The van der Waals surface area contributed by atoms with Gasteiger partial charge in [-0.25, -0.2) is 0 Å². The predicted molar refractivity (Wildman–Crippen MR) is 117 cm³/mol. The minimum absolute atomic E-state index is 0.0234. The van der Waals surface area contributed by atoms with E-state index in [-0.39, 0.29) is 64.8 Å². The normalized spacial score (nSPS) is 60.1. The molecule has 32 heavy (non-hydrogen) atoms. The molecule has 7 heteroatoms. The van der Waals surface area contributed by atoms with E-state index < -0.39 is 11.7 Å². The summed E-state index contributed by atoms with van der Waals surface area (Å²) in [6.07, 6.45) is 2.89. The van der Waals surface area contributed by atoms with Crippen LogP contribution in [-0.2, 0) is 18.9 Å². The largest absolute Gasteiger partial charge is 0.392 e. The Kier molecular flexibility index (Phi) is 4.94. The van der Waals surface area contributed by atoms with Crippen LogP contribution in [0.5, 0.6) is 0 Å². The molecule has 6 aliphatic rings. The summed E-state index contributed by atoms with van der Waals surface area (Å²) in [4.78, 5) is 2.62. The number of hydrogen-bond acceptors (Lipinski definition) is 7. The number of rotatable bonds is 6. The molecule has 2 N–H and O–H groups in total. The maximum atomic E-state index is 12.6. The second kappa shape index (κ2) is 7.12. The molecule has 7 bridgehead atoms. The maximum Gasteiger partial charge on any atom is 0.0796 e. The molecule has 1 aliphatic heterocycles. The summed E-state index contributed by atoms with van der Waals surface area (Å²) < 4.78 is 24.5. The Morgan fingerprint density at radius 1 is 1.06 bits per heavy atom. The number of nitrogens with zero attached hydrogens (tertiary/aromatic N) is 1. The van der Waals surface area contributed by atoms with Crippen LogP contribution < -0.4 is 0 Å². The van der Waals surface area contributed by atoms with Gasteiger partial charge in [0.15, 0.2) is 0 Å². The summed E-state index contributed by atoms with van der Waals surface area (Å²) in [5, 5.41) is 24.1. The fourth-order valence-electron chi connectivity index (χ4n) is 11.0. The number of ether oxygens (including phenoxy) is 4. The van der Waals surface area contributed by atoms with E-state index in [1.165, 1.54) is 0 Å². The molecule has 0 aromatic carbocycles. The third-order valence-electron chi connectivity index (χ3n) is 11.4. The second-order valence-electron chi connectivity index (χ2n) is 11.8. The Labute approximate surface area is 191 Å². The molecule has 4 unspecified atom stereocenters. The predicted octanol–water partition coefficient (Wildman–Crippen LogP) is 1.16. The zero-order valence-electron chi connectivity index (χ0n) is 20.2. The van der Waals surface area contributed by atoms with Gasteiger partial charge in [-0.05, 0) is 31.7 Å². The third kappa shape index (κ3) is 2.19. The topological polar surface area (TPSA) is 80.6 Å². The average molecular weight is 452 g/mol. The van der Waals surface area contributed by atoms with Gasteiger partial charge in [0.05, 0.1) is 36.6 Å². The zero-order chi connectivity index (χ0) is 22.6. The molecule has 6 rings (SSSR count). The van der Waals surface area contributed by atoms with Crippen molar-refractivity contribution in [1.82, 2.24) is 4.90 Å². The second-order valence-corrected chi connectivity index (χ2v) is 11.8. The lowest BCUT2D eigenvalue weighted by atomic mass is 9.43.